The van der Waals surface area contributed by atoms with Gasteiger partial charge < -0.3 is 5.11 Å². The largest absolute Gasteiger partial charge is 0.390 e. The summed E-state index contributed by atoms with van der Waals surface area (Å²) in [4.78, 5) is 8.91. The summed E-state index contributed by atoms with van der Waals surface area (Å²) in [6.45, 7) is 4.17. The van der Waals surface area contributed by atoms with Crippen LogP contribution in [0.25, 0.3) is 11.4 Å². The summed E-state index contributed by atoms with van der Waals surface area (Å²) in [5.74, 6) is 0.631. The van der Waals surface area contributed by atoms with Crippen LogP contribution in [-0.2, 0) is 12.8 Å². The van der Waals surface area contributed by atoms with Gasteiger partial charge in [0.05, 0.1) is 6.10 Å². The van der Waals surface area contributed by atoms with Crippen molar-refractivity contribution in [2.24, 2.45) is 0 Å². The van der Waals surface area contributed by atoms with E-state index in [2.05, 4.69) is 16.9 Å². The Morgan fingerprint density at radius 1 is 0.833 bits per heavy atom. The van der Waals surface area contributed by atoms with Crippen LogP contribution in [0.4, 0.5) is 8.78 Å². The standard InChI is InChI=1S/C25H36F2N2O/c1-3-5-7-8-9-10-20-17-28-25(29-18-20)21-14-12-19(13-15-21)16-22(26)24(27)23(30)11-6-4-2/h12-15,17-18,22-24,30H,3-11,16H2,1-2H3. The number of aryl methyl sites for hydroxylation is 1. The Balaban J connectivity index is 1.86. The summed E-state index contributed by atoms with van der Waals surface area (Å²) in [6, 6.07) is 7.22. The van der Waals surface area contributed by atoms with E-state index in [1.54, 1.807) is 12.1 Å². The van der Waals surface area contributed by atoms with Crippen molar-refractivity contribution in [2.45, 2.75) is 96.5 Å². The van der Waals surface area contributed by atoms with Gasteiger partial charge in [-0.25, -0.2) is 18.7 Å². The molecule has 3 atom stereocenters. The topological polar surface area (TPSA) is 46.0 Å². The lowest BCUT2D eigenvalue weighted by Gasteiger charge is -2.19. The van der Waals surface area contributed by atoms with E-state index in [0.29, 0.717) is 24.2 Å². The second-order valence-electron chi connectivity index (χ2n) is 8.15. The van der Waals surface area contributed by atoms with Crippen LogP contribution in [0.3, 0.4) is 0 Å². The fraction of sp³-hybridized carbons (Fsp3) is 0.600. The number of alkyl halides is 2. The van der Waals surface area contributed by atoms with Crippen molar-refractivity contribution in [1.29, 1.82) is 0 Å². The number of hydrogen-bond donors (Lipinski definition) is 1. The maximum absolute atomic E-state index is 14.2. The number of rotatable bonds is 14. The molecule has 0 bridgehead atoms. The van der Waals surface area contributed by atoms with E-state index in [-0.39, 0.29) is 6.42 Å². The third-order valence-corrected chi connectivity index (χ3v) is 5.48. The molecule has 166 valence electrons. The lowest BCUT2D eigenvalue weighted by Crippen LogP contribution is -2.32. The van der Waals surface area contributed by atoms with E-state index in [9.17, 15) is 13.9 Å². The Labute approximate surface area is 180 Å². The quantitative estimate of drug-likeness (QED) is 0.360. The van der Waals surface area contributed by atoms with Crippen LogP contribution in [0.1, 0.15) is 76.3 Å². The Morgan fingerprint density at radius 2 is 1.47 bits per heavy atom. The van der Waals surface area contributed by atoms with E-state index in [1.165, 1.54) is 25.7 Å². The third kappa shape index (κ3) is 8.10. The first-order valence-electron chi connectivity index (χ1n) is 11.4. The molecule has 30 heavy (non-hydrogen) atoms. The molecule has 5 heteroatoms. The number of aromatic nitrogens is 2. The molecule has 2 rings (SSSR count). The van der Waals surface area contributed by atoms with Gasteiger partial charge in [-0.05, 0) is 30.4 Å². The van der Waals surface area contributed by atoms with Crippen LogP contribution < -0.4 is 0 Å². The summed E-state index contributed by atoms with van der Waals surface area (Å²) in [6.07, 6.45) is 7.94. The van der Waals surface area contributed by atoms with E-state index in [4.69, 9.17) is 0 Å². The van der Waals surface area contributed by atoms with E-state index in [1.807, 2.05) is 31.5 Å². The Hall–Kier alpha value is -1.88. The van der Waals surface area contributed by atoms with Crippen LogP contribution in [0.15, 0.2) is 36.7 Å². The lowest BCUT2D eigenvalue weighted by molar-refractivity contribution is 0.0207. The van der Waals surface area contributed by atoms with Gasteiger partial charge in [-0.3, -0.25) is 0 Å². The van der Waals surface area contributed by atoms with Crippen molar-refractivity contribution < 1.29 is 13.9 Å². The molecule has 0 saturated heterocycles. The molecular formula is C25H36F2N2O. The molecule has 0 spiro atoms. The molecule has 3 unspecified atom stereocenters. The average molecular weight is 419 g/mol. The molecule has 0 aliphatic carbocycles. The molecular weight excluding hydrogens is 382 g/mol. The summed E-state index contributed by atoms with van der Waals surface area (Å²) in [5, 5.41) is 9.77. The van der Waals surface area contributed by atoms with Gasteiger partial charge in [-0.1, -0.05) is 76.6 Å². The normalized spacial score (nSPS) is 14.4. The minimum atomic E-state index is -1.85. The van der Waals surface area contributed by atoms with Crippen molar-refractivity contribution in [2.75, 3.05) is 0 Å². The Kier molecular flexibility index (Phi) is 10.9. The molecule has 2 aromatic rings. The fourth-order valence-electron chi connectivity index (χ4n) is 3.51. The van der Waals surface area contributed by atoms with Crippen molar-refractivity contribution in [1.82, 2.24) is 9.97 Å². The zero-order valence-corrected chi connectivity index (χ0v) is 18.4. The zero-order chi connectivity index (χ0) is 21.8. The molecule has 1 aromatic carbocycles. The predicted molar refractivity (Wildman–Crippen MR) is 119 cm³/mol. The van der Waals surface area contributed by atoms with Gasteiger partial charge in [0.1, 0.15) is 6.17 Å². The first-order chi connectivity index (χ1) is 14.5. The zero-order valence-electron chi connectivity index (χ0n) is 18.4. The predicted octanol–water partition coefficient (Wildman–Crippen LogP) is 6.43. The summed E-state index contributed by atoms with van der Waals surface area (Å²) >= 11 is 0. The molecule has 0 radical (unpaired) electrons. The number of benzene rings is 1. The number of nitrogens with zero attached hydrogens (tertiary/aromatic N) is 2. The van der Waals surface area contributed by atoms with Crippen LogP contribution >= 0.6 is 0 Å². The number of halogens is 2. The van der Waals surface area contributed by atoms with Crippen molar-refractivity contribution in [3.63, 3.8) is 0 Å². The molecule has 3 nitrogen and oxygen atoms in total. The minimum absolute atomic E-state index is 0.0531. The highest BCUT2D eigenvalue weighted by atomic mass is 19.2. The van der Waals surface area contributed by atoms with Crippen molar-refractivity contribution in [3.05, 3.63) is 47.8 Å². The minimum Gasteiger partial charge on any atom is -0.390 e. The maximum Gasteiger partial charge on any atom is 0.159 e. The van der Waals surface area contributed by atoms with Gasteiger partial charge in [0.2, 0.25) is 0 Å². The first-order valence-corrected chi connectivity index (χ1v) is 11.4. The summed E-state index contributed by atoms with van der Waals surface area (Å²) in [7, 11) is 0. The van der Waals surface area contributed by atoms with E-state index < -0.39 is 18.4 Å². The van der Waals surface area contributed by atoms with Gasteiger partial charge in [-0.2, -0.15) is 0 Å². The number of aliphatic hydroxyl groups excluding tert-OH is 1. The van der Waals surface area contributed by atoms with Crippen molar-refractivity contribution in [3.8, 4) is 11.4 Å². The maximum atomic E-state index is 14.2. The number of hydrogen-bond acceptors (Lipinski definition) is 3. The molecule has 1 N–H and O–H groups in total. The highest BCUT2D eigenvalue weighted by molar-refractivity contribution is 5.55. The molecule has 0 saturated carbocycles. The van der Waals surface area contributed by atoms with E-state index in [0.717, 1.165) is 30.4 Å². The SMILES string of the molecule is CCCCCCCc1cnc(-c2ccc(CC(F)C(F)C(O)CCCC)cc2)nc1. The lowest BCUT2D eigenvalue weighted by atomic mass is 9.99. The fourth-order valence-corrected chi connectivity index (χ4v) is 3.51. The summed E-state index contributed by atoms with van der Waals surface area (Å²) < 4.78 is 28.3. The number of aliphatic hydroxyl groups is 1. The Morgan fingerprint density at radius 3 is 2.10 bits per heavy atom. The van der Waals surface area contributed by atoms with Crippen LogP contribution in [0.5, 0.6) is 0 Å². The molecule has 0 fully saturated rings. The van der Waals surface area contributed by atoms with Gasteiger partial charge in [0.25, 0.3) is 0 Å². The second kappa shape index (κ2) is 13.4. The van der Waals surface area contributed by atoms with Gasteiger partial charge >= 0.3 is 0 Å². The third-order valence-electron chi connectivity index (χ3n) is 5.48. The first kappa shape index (κ1) is 24.4. The highest BCUT2D eigenvalue weighted by Gasteiger charge is 2.27. The van der Waals surface area contributed by atoms with Gasteiger partial charge in [0, 0.05) is 24.4 Å². The van der Waals surface area contributed by atoms with Crippen molar-refractivity contribution >= 4 is 0 Å². The molecule has 1 aromatic heterocycles. The highest BCUT2D eigenvalue weighted by Crippen LogP contribution is 2.21. The average Bonchev–Trinajstić information content (AvgIpc) is 2.77. The molecule has 0 amide bonds. The number of unbranched alkanes of at least 4 members (excludes halogenated alkanes) is 5. The van der Waals surface area contributed by atoms with E-state index >= 15 is 0 Å². The molecule has 0 aliphatic heterocycles. The monoisotopic (exact) mass is 418 g/mol. The summed E-state index contributed by atoms with van der Waals surface area (Å²) in [5.41, 5.74) is 2.69. The van der Waals surface area contributed by atoms with Crippen LogP contribution in [-0.4, -0.2) is 33.5 Å². The van der Waals surface area contributed by atoms with Crippen LogP contribution in [0, 0.1) is 0 Å². The Bertz CT molecular complexity index is 706. The molecule has 0 aliphatic rings. The van der Waals surface area contributed by atoms with Gasteiger partial charge in [0.15, 0.2) is 12.0 Å². The smallest absolute Gasteiger partial charge is 0.159 e. The van der Waals surface area contributed by atoms with Gasteiger partial charge in [-0.15, -0.1) is 0 Å². The van der Waals surface area contributed by atoms with Crippen LogP contribution in [0.2, 0.25) is 0 Å². The molecule has 1 heterocycles. The second-order valence-corrected chi connectivity index (χ2v) is 8.15.